The highest BCUT2D eigenvalue weighted by atomic mass is 35.5. The molecule has 2 saturated heterocycles. The number of β-lactam (4-membered cyclic amide) rings is 1. The van der Waals surface area contributed by atoms with Crippen LogP contribution in [0.3, 0.4) is 0 Å². The maximum absolute atomic E-state index is 13.4. The van der Waals surface area contributed by atoms with Crippen LogP contribution in [0.2, 0.25) is 0 Å². The Morgan fingerprint density at radius 1 is 1.08 bits per heavy atom. The standard InChI is InChI=1S/C25H23ClN2O7S/c1-25(26)12-36-23-18(27-20(29)15-5-4-6-16(34-3)17(15)21(27)30)22(31)28(23)19(25)24(32)35-11-13-7-9-14(33-2)10-8-13/h4-10,18-19,23H,11-12H2,1-3H3/t18?,19?,23-,25+/m0/s1. The third kappa shape index (κ3) is 3.70. The summed E-state index contributed by atoms with van der Waals surface area (Å²) in [5.74, 6) is -1.08. The number of hydrogen-bond acceptors (Lipinski definition) is 8. The first-order valence-electron chi connectivity index (χ1n) is 11.2. The second-order valence-electron chi connectivity index (χ2n) is 8.89. The number of esters is 1. The lowest BCUT2D eigenvalue weighted by Crippen LogP contribution is -2.78. The van der Waals surface area contributed by atoms with Gasteiger partial charge >= 0.3 is 5.97 Å². The molecule has 9 nitrogen and oxygen atoms in total. The molecule has 0 aromatic heterocycles. The SMILES string of the molecule is COc1ccc(COC(=O)C2N3C(=O)C(N4C(=O)c5cccc(OC)c5C4=O)[C@@H]3SC[C@@]2(C)Cl)cc1. The van der Waals surface area contributed by atoms with Crippen LogP contribution in [-0.2, 0) is 20.9 Å². The second kappa shape index (κ2) is 9.01. The molecule has 0 aliphatic carbocycles. The summed E-state index contributed by atoms with van der Waals surface area (Å²) in [5, 5.41) is -0.615. The summed E-state index contributed by atoms with van der Waals surface area (Å²) in [6, 6.07) is 9.66. The number of hydrogen-bond donors (Lipinski definition) is 0. The lowest BCUT2D eigenvalue weighted by atomic mass is 9.93. The third-order valence-electron chi connectivity index (χ3n) is 6.61. The summed E-state index contributed by atoms with van der Waals surface area (Å²) < 4.78 is 15.9. The van der Waals surface area contributed by atoms with Gasteiger partial charge in [0.2, 0.25) is 0 Å². The number of halogens is 1. The van der Waals surface area contributed by atoms with E-state index < -0.39 is 46.0 Å². The Morgan fingerprint density at radius 2 is 1.81 bits per heavy atom. The molecule has 2 aromatic carbocycles. The molecule has 188 valence electrons. The summed E-state index contributed by atoms with van der Waals surface area (Å²) >= 11 is 8.02. The summed E-state index contributed by atoms with van der Waals surface area (Å²) in [7, 11) is 2.97. The van der Waals surface area contributed by atoms with Crippen LogP contribution in [0.15, 0.2) is 42.5 Å². The van der Waals surface area contributed by atoms with Gasteiger partial charge in [0.05, 0.1) is 30.2 Å². The van der Waals surface area contributed by atoms with Crippen molar-refractivity contribution < 1.29 is 33.4 Å². The van der Waals surface area contributed by atoms with Crippen molar-refractivity contribution in [3.05, 3.63) is 59.2 Å². The van der Waals surface area contributed by atoms with Gasteiger partial charge in [-0.2, -0.15) is 0 Å². The van der Waals surface area contributed by atoms with Gasteiger partial charge in [-0.1, -0.05) is 18.2 Å². The number of methoxy groups -OCH3 is 2. The fraction of sp³-hybridized carbons (Fsp3) is 0.360. The van der Waals surface area contributed by atoms with Gasteiger partial charge in [-0.25, -0.2) is 4.79 Å². The van der Waals surface area contributed by atoms with Crippen molar-refractivity contribution in [1.82, 2.24) is 9.80 Å². The number of imide groups is 1. The van der Waals surface area contributed by atoms with Crippen LogP contribution in [0, 0.1) is 0 Å². The molecule has 0 bridgehead atoms. The second-order valence-corrected chi connectivity index (χ2v) is 10.9. The Kier molecular flexibility index (Phi) is 6.12. The number of fused-ring (bicyclic) bond motifs is 2. The molecule has 0 radical (unpaired) electrons. The molecule has 3 amide bonds. The Hall–Kier alpha value is -3.24. The van der Waals surface area contributed by atoms with Crippen LogP contribution >= 0.6 is 23.4 Å². The van der Waals surface area contributed by atoms with Crippen LogP contribution in [0.4, 0.5) is 0 Å². The molecule has 36 heavy (non-hydrogen) atoms. The number of rotatable bonds is 6. The summed E-state index contributed by atoms with van der Waals surface area (Å²) in [6.45, 7) is 1.67. The largest absolute Gasteiger partial charge is 0.497 e. The third-order valence-corrected chi connectivity index (χ3v) is 8.70. The van der Waals surface area contributed by atoms with Crippen molar-refractivity contribution in [2.24, 2.45) is 0 Å². The smallest absolute Gasteiger partial charge is 0.331 e. The Labute approximate surface area is 216 Å². The van der Waals surface area contributed by atoms with E-state index in [-0.39, 0.29) is 23.5 Å². The van der Waals surface area contributed by atoms with Crippen LogP contribution in [0.5, 0.6) is 11.5 Å². The zero-order valence-electron chi connectivity index (χ0n) is 19.7. The number of carbonyl (C=O) groups excluding carboxylic acids is 4. The highest BCUT2D eigenvalue weighted by molar-refractivity contribution is 8.00. The first-order chi connectivity index (χ1) is 17.2. The first-order valence-corrected chi connectivity index (χ1v) is 12.6. The molecule has 3 aliphatic rings. The van der Waals surface area contributed by atoms with Crippen LogP contribution < -0.4 is 9.47 Å². The van der Waals surface area contributed by atoms with Crippen molar-refractivity contribution in [3.63, 3.8) is 0 Å². The lowest BCUT2D eigenvalue weighted by Gasteiger charge is -2.57. The molecule has 2 fully saturated rings. The highest BCUT2D eigenvalue weighted by Gasteiger charge is 2.65. The van der Waals surface area contributed by atoms with E-state index in [4.69, 9.17) is 25.8 Å². The van der Waals surface area contributed by atoms with Crippen LogP contribution in [0.25, 0.3) is 0 Å². The van der Waals surface area contributed by atoms with Crippen molar-refractivity contribution >= 4 is 47.1 Å². The molecule has 2 aromatic rings. The number of alkyl halides is 1. The van der Waals surface area contributed by atoms with Gasteiger partial charge in [-0.15, -0.1) is 23.4 Å². The zero-order chi connectivity index (χ0) is 25.8. The fourth-order valence-corrected chi connectivity index (χ4v) is 6.62. The zero-order valence-corrected chi connectivity index (χ0v) is 21.3. The summed E-state index contributed by atoms with van der Waals surface area (Å²) in [6.07, 6.45) is 0. The Balaban J connectivity index is 1.35. The minimum Gasteiger partial charge on any atom is -0.497 e. The minimum atomic E-state index is -1.09. The first kappa shape index (κ1) is 24.5. The Morgan fingerprint density at radius 3 is 2.47 bits per heavy atom. The van der Waals surface area contributed by atoms with E-state index in [0.717, 1.165) is 10.5 Å². The molecule has 4 atom stereocenters. The average molecular weight is 531 g/mol. The number of benzene rings is 2. The van der Waals surface area contributed by atoms with Crippen molar-refractivity contribution in [2.45, 2.75) is 35.9 Å². The maximum Gasteiger partial charge on any atom is 0.331 e. The molecule has 11 heteroatoms. The van der Waals surface area contributed by atoms with Gasteiger partial charge in [0, 0.05) is 5.75 Å². The normalized spacial score (nSPS) is 26.8. The number of thioether (sulfide) groups is 1. The molecule has 5 rings (SSSR count). The molecule has 3 aliphatic heterocycles. The molecule has 0 N–H and O–H groups in total. The van der Waals surface area contributed by atoms with E-state index in [9.17, 15) is 19.2 Å². The Bertz CT molecular complexity index is 1270. The van der Waals surface area contributed by atoms with Crippen LogP contribution in [-0.4, -0.2) is 75.8 Å². The van der Waals surface area contributed by atoms with Crippen molar-refractivity contribution in [3.8, 4) is 11.5 Å². The van der Waals surface area contributed by atoms with Gasteiger partial charge < -0.3 is 19.1 Å². The quantitative estimate of drug-likeness (QED) is 0.243. The maximum atomic E-state index is 13.4. The molecule has 2 unspecified atom stereocenters. The van der Waals surface area contributed by atoms with Crippen LogP contribution in [0.1, 0.15) is 33.2 Å². The van der Waals surface area contributed by atoms with Gasteiger partial charge in [-0.3, -0.25) is 19.3 Å². The van der Waals surface area contributed by atoms with Gasteiger partial charge in [0.15, 0.2) is 6.04 Å². The average Bonchev–Trinajstić information content (AvgIpc) is 3.12. The monoisotopic (exact) mass is 530 g/mol. The highest BCUT2D eigenvalue weighted by Crippen LogP contribution is 2.48. The van der Waals surface area contributed by atoms with Gasteiger partial charge in [0.1, 0.15) is 29.5 Å². The molecule has 3 heterocycles. The number of nitrogens with zero attached hydrogens (tertiary/aromatic N) is 2. The van der Waals surface area contributed by atoms with E-state index in [0.29, 0.717) is 11.5 Å². The van der Waals surface area contributed by atoms with E-state index in [1.807, 2.05) is 0 Å². The van der Waals surface area contributed by atoms with Crippen molar-refractivity contribution in [1.29, 1.82) is 0 Å². The van der Waals surface area contributed by atoms with Gasteiger partial charge in [0.25, 0.3) is 17.7 Å². The summed E-state index contributed by atoms with van der Waals surface area (Å²) in [4.78, 5) is 54.1. The predicted octanol–water partition coefficient (Wildman–Crippen LogP) is 2.69. The topological polar surface area (TPSA) is 102 Å². The predicted molar refractivity (Wildman–Crippen MR) is 131 cm³/mol. The van der Waals surface area contributed by atoms with Gasteiger partial charge in [-0.05, 0) is 36.8 Å². The number of ether oxygens (including phenoxy) is 3. The summed E-state index contributed by atoms with van der Waals surface area (Å²) in [5.41, 5.74) is 1.06. The van der Waals surface area contributed by atoms with E-state index in [2.05, 4.69) is 0 Å². The number of carbonyl (C=O) groups is 4. The minimum absolute atomic E-state index is 0.00618. The molecular formula is C25H23ClN2O7S. The molecule has 0 spiro atoms. The lowest BCUT2D eigenvalue weighted by molar-refractivity contribution is -0.169. The fourth-order valence-electron chi connectivity index (χ4n) is 4.78. The molecule has 0 saturated carbocycles. The molecular weight excluding hydrogens is 508 g/mol. The number of amides is 3. The van der Waals surface area contributed by atoms with E-state index in [1.54, 1.807) is 50.4 Å². The van der Waals surface area contributed by atoms with Crippen molar-refractivity contribution in [2.75, 3.05) is 20.0 Å². The van der Waals surface area contributed by atoms with E-state index in [1.165, 1.54) is 29.8 Å². The van der Waals surface area contributed by atoms with E-state index >= 15 is 0 Å².